The number of para-hydroxylation sites is 1. The lowest BCUT2D eigenvalue weighted by Gasteiger charge is -2.32. The fourth-order valence-corrected chi connectivity index (χ4v) is 3.21. The number of halogens is 1. The minimum atomic E-state index is -0.220. The number of carbonyl (C=O) groups excluding carboxylic acids is 1. The highest BCUT2D eigenvalue weighted by Gasteiger charge is 2.24. The molecular formula is C22H38IN5O3. The van der Waals surface area contributed by atoms with E-state index in [1.165, 1.54) is 0 Å². The van der Waals surface area contributed by atoms with Crippen molar-refractivity contribution in [1.29, 1.82) is 0 Å². The van der Waals surface area contributed by atoms with Gasteiger partial charge in [-0.05, 0) is 46.9 Å². The highest BCUT2D eigenvalue weighted by Crippen LogP contribution is 2.19. The number of likely N-dealkylation sites (N-methyl/N-ethyl adjacent to an activating group) is 1. The molecule has 0 aliphatic carbocycles. The summed E-state index contributed by atoms with van der Waals surface area (Å²) in [5, 5.41) is 6.83. The smallest absolute Gasteiger partial charge is 0.409 e. The van der Waals surface area contributed by atoms with Crippen molar-refractivity contribution in [3.05, 3.63) is 29.8 Å². The van der Waals surface area contributed by atoms with E-state index in [0.717, 1.165) is 43.2 Å². The summed E-state index contributed by atoms with van der Waals surface area (Å²) in [7, 11) is 4.07. The van der Waals surface area contributed by atoms with E-state index in [4.69, 9.17) is 14.5 Å². The molecule has 1 saturated heterocycles. The molecule has 1 aliphatic rings. The van der Waals surface area contributed by atoms with Gasteiger partial charge in [0.25, 0.3) is 0 Å². The third-order valence-electron chi connectivity index (χ3n) is 4.88. The van der Waals surface area contributed by atoms with Gasteiger partial charge in [0, 0.05) is 37.8 Å². The highest BCUT2D eigenvalue weighted by atomic mass is 127. The normalized spacial score (nSPS) is 14.7. The van der Waals surface area contributed by atoms with Gasteiger partial charge in [-0.3, -0.25) is 0 Å². The van der Waals surface area contributed by atoms with Crippen molar-refractivity contribution in [2.75, 3.05) is 53.5 Å². The van der Waals surface area contributed by atoms with Crippen LogP contribution >= 0.6 is 24.0 Å². The SMILES string of the molecule is CCNC(=NCc1ccccc1OCCN(C)C)NC1CCN(C(=O)OCC)CC1.I. The first-order valence-corrected chi connectivity index (χ1v) is 10.9. The zero-order valence-corrected chi connectivity index (χ0v) is 21.6. The average Bonchev–Trinajstić information content (AvgIpc) is 2.73. The van der Waals surface area contributed by atoms with Crippen LogP contribution in [0.4, 0.5) is 4.79 Å². The molecule has 1 aromatic rings. The minimum Gasteiger partial charge on any atom is -0.492 e. The second-order valence-corrected chi connectivity index (χ2v) is 7.56. The molecule has 0 aromatic heterocycles. The van der Waals surface area contributed by atoms with Gasteiger partial charge in [-0.25, -0.2) is 9.79 Å². The largest absolute Gasteiger partial charge is 0.492 e. The van der Waals surface area contributed by atoms with Crippen LogP contribution in [0.2, 0.25) is 0 Å². The first-order valence-electron chi connectivity index (χ1n) is 10.9. The first-order chi connectivity index (χ1) is 14.5. The van der Waals surface area contributed by atoms with Crippen molar-refractivity contribution in [1.82, 2.24) is 20.4 Å². The number of rotatable bonds is 9. The molecule has 0 radical (unpaired) electrons. The number of hydrogen-bond acceptors (Lipinski definition) is 5. The second kappa shape index (κ2) is 15.1. The minimum absolute atomic E-state index is 0. The molecule has 2 rings (SSSR count). The van der Waals surface area contributed by atoms with Crippen LogP contribution < -0.4 is 15.4 Å². The molecule has 0 unspecified atom stereocenters. The van der Waals surface area contributed by atoms with Crippen LogP contribution in [0.5, 0.6) is 5.75 Å². The Kier molecular flexibility index (Phi) is 13.3. The van der Waals surface area contributed by atoms with E-state index in [2.05, 4.69) is 28.5 Å². The monoisotopic (exact) mass is 547 g/mol. The van der Waals surface area contributed by atoms with Crippen LogP contribution in [-0.2, 0) is 11.3 Å². The first kappa shape index (κ1) is 27.3. The fraction of sp³-hybridized carbons (Fsp3) is 0.636. The molecular weight excluding hydrogens is 509 g/mol. The van der Waals surface area contributed by atoms with Crippen LogP contribution in [0.1, 0.15) is 32.3 Å². The fourth-order valence-electron chi connectivity index (χ4n) is 3.21. The maximum Gasteiger partial charge on any atom is 0.409 e. The number of piperidine rings is 1. The molecule has 8 nitrogen and oxygen atoms in total. The van der Waals surface area contributed by atoms with Crippen LogP contribution in [0.25, 0.3) is 0 Å². The van der Waals surface area contributed by atoms with Gasteiger partial charge in [0.15, 0.2) is 5.96 Å². The molecule has 1 heterocycles. The molecule has 0 bridgehead atoms. The van der Waals surface area contributed by atoms with E-state index < -0.39 is 0 Å². The summed E-state index contributed by atoms with van der Waals surface area (Å²) in [4.78, 5) is 20.5. The molecule has 0 spiro atoms. The van der Waals surface area contributed by atoms with E-state index in [9.17, 15) is 4.79 Å². The summed E-state index contributed by atoms with van der Waals surface area (Å²) in [5.74, 6) is 1.66. The van der Waals surface area contributed by atoms with Gasteiger partial charge in [0.05, 0.1) is 13.2 Å². The molecule has 0 saturated carbocycles. The Morgan fingerprint density at radius 3 is 2.58 bits per heavy atom. The van der Waals surface area contributed by atoms with Gasteiger partial charge in [0.1, 0.15) is 12.4 Å². The van der Waals surface area contributed by atoms with E-state index in [1.54, 1.807) is 4.90 Å². The summed E-state index contributed by atoms with van der Waals surface area (Å²) in [6, 6.07) is 8.32. The zero-order valence-electron chi connectivity index (χ0n) is 19.2. The lowest BCUT2D eigenvalue weighted by Crippen LogP contribution is -2.49. The molecule has 1 fully saturated rings. The van der Waals surface area contributed by atoms with Crippen molar-refractivity contribution >= 4 is 36.0 Å². The third-order valence-corrected chi connectivity index (χ3v) is 4.88. The average molecular weight is 547 g/mol. The van der Waals surface area contributed by atoms with Crippen LogP contribution in [0.3, 0.4) is 0 Å². The van der Waals surface area contributed by atoms with Gasteiger partial charge in [0.2, 0.25) is 0 Å². The number of nitrogens with one attached hydrogen (secondary N) is 2. The predicted octanol–water partition coefficient (Wildman–Crippen LogP) is 2.92. The molecule has 1 amide bonds. The van der Waals surface area contributed by atoms with Gasteiger partial charge >= 0.3 is 6.09 Å². The Balaban J connectivity index is 0.00000480. The summed E-state index contributed by atoms with van der Waals surface area (Å²) in [5.41, 5.74) is 1.06. The Hall–Kier alpha value is -1.75. The molecule has 9 heteroatoms. The number of benzene rings is 1. The van der Waals surface area contributed by atoms with Gasteiger partial charge in [-0.2, -0.15) is 0 Å². The van der Waals surface area contributed by atoms with Crippen molar-refractivity contribution in [2.24, 2.45) is 4.99 Å². The molecule has 1 aromatic carbocycles. The Bertz CT molecular complexity index is 679. The summed E-state index contributed by atoms with van der Waals surface area (Å²) in [6.45, 7) is 8.52. The lowest BCUT2D eigenvalue weighted by molar-refractivity contribution is 0.0963. The van der Waals surface area contributed by atoms with Crippen molar-refractivity contribution in [3.8, 4) is 5.75 Å². The summed E-state index contributed by atoms with van der Waals surface area (Å²) in [6.07, 6.45) is 1.52. The van der Waals surface area contributed by atoms with E-state index >= 15 is 0 Å². The van der Waals surface area contributed by atoms with Gasteiger partial charge in [-0.15, -0.1) is 24.0 Å². The second-order valence-electron chi connectivity index (χ2n) is 7.56. The molecule has 1 aliphatic heterocycles. The standard InChI is InChI=1S/C22H37N5O3.HI/c1-5-23-21(25-19-11-13-27(14-12-19)22(28)29-6-2)24-17-18-9-7-8-10-20(18)30-16-15-26(3)4;/h7-10,19H,5-6,11-17H2,1-4H3,(H2,23,24,25);1H. The Morgan fingerprint density at radius 2 is 1.94 bits per heavy atom. The van der Waals surface area contributed by atoms with Crippen molar-refractivity contribution in [2.45, 2.75) is 39.3 Å². The Labute approximate surface area is 203 Å². The van der Waals surface area contributed by atoms with E-state index in [-0.39, 0.29) is 36.1 Å². The predicted molar refractivity (Wildman–Crippen MR) is 135 cm³/mol. The zero-order chi connectivity index (χ0) is 21.8. The van der Waals surface area contributed by atoms with E-state index in [1.807, 2.05) is 39.2 Å². The number of ether oxygens (including phenoxy) is 2. The van der Waals surface area contributed by atoms with Crippen molar-refractivity contribution in [3.63, 3.8) is 0 Å². The number of nitrogens with zero attached hydrogens (tertiary/aromatic N) is 3. The number of hydrogen-bond donors (Lipinski definition) is 2. The topological polar surface area (TPSA) is 78.4 Å². The summed E-state index contributed by atoms with van der Waals surface area (Å²) >= 11 is 0. The van der Waals surface area contributed by atoms with Gasteiger partial charge < -0.3 is 29.9 Å². The van der Waals surface area contributed by atoms with Crippen molar-refractivity contribution < 1.29 is 14.3 Å². The lowest BCUT2D eigenvalue weighted by atomic mass is 10.1. The van der Waals surface area contributed by atoms with Crippen LogP contribution in [0, 0.1) is 0 Å². The van der Waals surface area contributed by atoms with Gasteiger partial charge in [-0.1, -0.05) is 18.2 Å². The number of carbonyl (C=O) groups is 1. The van der Waals surface area contributed by atoms with Crippen LogP contribution in [-0.4, -0.2) is 81.4 Å². The number of amides is 1. The number of aliphatic imine (C=N–C) groups is 1. The molecule has 2 N–H and O–H groups in total. The molecule has 0 atom stereocenters. The number of guanidine groups is 1. The maximum atomic E-state index is 11.9. The third kappa shape index (κ3) is 9.94. The number of likely N-dealkylation sites (tertiary alicyclic amines) is 1. The summed E-state index contributed by atoms with van der Waals surface area (Å²) < 4.78 is 11.0. The quantitative estimate of drug-likeness (QED) is 0.281. The highest BCUT2D eigenvalue weighted by molar-refractivity contribution is 14.0. The van der Waals surface area contributed by atoms with Crippen LogP contribution in [0.15, 0.2) is 29.3 Å². The van der Waals surface area contributed by atoms with E-state index in [0.29, 0.717) is 32.8 Å². The Morgan fingerprint density at radius 1 is 1.23 bits per heavy atom. The molecule has 31 heavy (non-hydrogen) atoms. The molecule has 176 valence electrons. The maximum absolute atomic E-state index is 11.9.